The molecule has 0 saturated carbocycles. The smallest absolute Gasteiger partial charge is 0.126 e. The summed E-state index contributed by atoms with van der Waals surface area (Å²) in [6, 6.07) is 22.6. The Bertz CT molecular complexity index is 1010. The van der Waals surface area contributed by atoms with E-state index in [4.69, 9.17) is 10.00 Å². The number of hydrogen-bond donors (Lipinski definition) is 1. The van der Waals surface area contributed by atoms with Gasteiger partial charge in [0.15, 0.2) is 0 Å². The van der Waals surface area contributed by atoms with E-state index in [1.165, 1.54) is 0 Å². The van der Waals surface area contributed by atoms with Gasteiger partial charge in [-0.05, 0) is 47.0 Å². The summed E-state index contributed by atoms with van der Waals surface area (Å²) in [6.07, 6.45) is 7.97. The summed E-state index contributed by atoms with van der Waals surface area (Å²) in [4.78, 5) is 0. The van der Waals surface area contributed by atoms with Crippen LogP contribution in [0, 0.1) is 11.3 Å². The molecule has 0 saturated heterocycles. The summed E-state index contributed by atoms with van der Waals surface area (Å²) in [5.41, 5.74) is 4.68. The first-order valence-electron chi connectivity index (χ1n) is 8.51. The standard InChI is InChI=1S/C24H19NO2/c1-27-24-16-20(5-2-18-3-6-21(17-25)7-4-18)9-13-22(24)12-8-19-10-14-23(26)15-11-19/h2-16,26H,1H3/b5-2+,12-8+. The molecule has 3 aromatic rings. The number of nitriles is 1. The highest BCUT2D eigenvalue weighted by Gasteiger charge is 2.01. The molecule has 3 aromatic carbocycles. The quantitative estimate of drug-likeness (QED) is 0.606. The van der Waals surface area contributed by atoms with Crippen LogP contribution in [0.3, 0.4) is 0 Å². The van der Waals surface area contributed by atoms with Gasteiger partial charge in [-0.3, -0.25) is 0 Å². The van der Waals surface area contributed by atoms with Gasteiger partial charge in [0.1, 0.15) is 11.5 Å². The highest BCUT2D eigenvalue weighted by molar-refractivity contribution is 5.76. The van der Waals surface area contributed by atoms with E-state index in [9.17, 15) is 5.11 Å². The van der Waals surface area contributed by atoms with Crippen LogP contribution in [0.25, 0.3) is 24.3 Å². The third-order valence-electron chi connectivity index (χ3n) is 4.11. The zero-order valence-electron chi connectivity index (χ0n) is 15.0. The molecule has 0 aliphatic rings. The number of phenols is 1. The number of nitrogens with zero attached hydrogens (tertiary/aromatic N) is 1. The molecule has 27 heavy (non-hydrogen) atoms. The van der Waals surface area contributed by atoms with E-state index in [-0.39, 0.29) is 5.75 Å². The fourth-order valence-electron chi connectivity index (χ4n) is 2.60. The molecule has 3 heteroatoms. The molecule has 0 aromatic heterocycles. The molecular formula is C24H19NO2. The highest BCUT2D eigenvalue weighted by Crippen LogP contribution is 2.24. The molecule has 0 unspecified atom stereocenters. The Morgan fingerprint density at radius 2 is 1.33 bits per heavy atom. The molecule has 3 rings (SSSR count). The molecule has 132 valence electrons. The van der Waals surface area contributed by atoms with Crippen molar-refractivity contribution in [2.75, 3.05) is 7.11 Å². The summed E-state index contributed by atoms with van der Waals surface area (Å²) < 4.78 is 5.51. The third kappa shape index (κ3) is 4.87. The molecule has 0 amide bonds. The van der Waals surface area contributed by atoms with Crippen molar-refractivity contribution in [3.63, 3.8) is 0 Å². The van der Waals surface area contributed by atoms with E-state index in [2.05, 4.69) is 6.07 Å². The molecule has 0 bridgehead atoms. The number of hydrogen-bond acceptors (Lipinski definition) is 3. The fourth-order valence-corrected chi connectivity index (χ4v) is 2.60. The second kappa shape index (κ2) is 8.55. The van der Waals surface area contributed by atoms with Crippen LogP contribution in [-0.4, -0.2) is 12.2 Å². The SMILES string of the molecule is COc1cc(/C=C/c2ccc(C#N)cc2)ccc1/C=C/c1ccc(O)cc1. The van der Waals surface area contributed by atoms with Crippen LogP contribution in [0.15, 0.2) is 66.7 Å². The molecule has 0 heterocycles. The Hall–Kier alpha value is -3.77. The molecule has 0 spiro atoms. The molecule has 1 N–H and O–H groups in total. The number of aromatic hydroxyl groups is 1. The fraction of sp³-hybridized carbons (Fsp3) is 0.0417. The van der Waals surface area contributed by atoms with Gasteiger partial charge in [-0.15, -0.1) is 0 Å². The average Bonchev–Trinajstić information content (AvgIpc) is 2.72. The zero-order chi connectivity index (χ0) is 19.1. The van der Waals surface area contributed by atoms with Gasteiger partial charge in [-0.25, -0.2) is 0 Å². The van der Waals surface area contributed by atoms with Gasteiger partial charge in [0.25, 0.3) is 0 Å². The van der Waals surface area contributed by atoms with Crippen LogP contribution in [0.4, 0.5) is 0 Å². The summed E-state index contributed by atoms with van der Waals surface area (Å²) in [6.45, 7) is 0. The second-order valence-electron chi connectivity index (χ2n) is 5.99. The third-order valence-corrected chi connectivity index (χ3v) is 4.11. The van der Waals surface area contributed by atoms with Crippen LogP contribution in [0.1, 0.15) is 27.8 Å². The van der Waals surface area contributed by atoms with E-state index in [0.717, 1.165) is 28.0 Å². The first kappa shape index (κ1) is 18.0. The van der Waals surface area contributed by atoms with Crippen molar-refractivity contribution in [2.45, 2.75) is 0 Å². The normalized spacial score (nSPS) is 11.0. The van der Waals surface area contributed by atoms with Crippen molar-refractivity contribution in [1.82, 2.24) is 0 Å². The molecule has 0 aliphatic carbocycles. The molecular weight excluding hydrogens is 334 g/mol. The molecule has 0 atom stereocenters. The lowest BCUT2D eigenvalue weighted by atomic mass is 10.1. The van der Waals surface area contributed by atoms with Crippen LogP contribution >= 0.6 is 0 Å². The lowest BCUT2D eigenvalue weighted by Gasteiger charge is -2.06. The van der Waals surface area contributed by atoms with E-state index in [0.29, 0.717) is 5.56 Å². The molecule has 3 nitrogen and oxygen atoms in total. The molecule has 0 radical (unpaired) electrons. The number of phenolic OH excluding ortho intramolecular Hbond substituents is 1. The first-order chi connectivity index (χ1) is 13.2. The predicted molar refractivity (Wildman–Crippen MR) is 110 cm³/mol. The van der Waals surface area contributed by atoms with Crippen molar-refractivity contribution < 1.29 is 9.84 Å². The van der Waals surface area contributed by atoms with E-state index >= 15 is 0 Å². The highest BCUT2D eigenvalue weighted by atomic mass is 16.5. The van der Waals surface area contributed by atoms with Crippen molar-refractivity contribution in [2.24, 2.45) is 0 Å². The van der Waals surface area contributed by atoms with Gasteiger partial charge < -0.3 is 9.84 Å². The summed E-state index contributed by atoms with van der Waals surface area (Å²) in [7, 11) is 1.65. The van der Waals surface area contributed by atoms with Gasteiger partial charge in [0.2, 0.25) is 0 Å². The summed E-state index contributed by atoms with van der Waals surface area (Å²) in [5, 5.41) is 18.2. The lowest BCUT2D eigenvalue weighted by molar-refractivity contribution is 0.414. The van der Waals surface area contributed by atoms with E-state index in [1.54, 1.807) is 31.4 Å². The lowest BCUT2D eigenvalue weighted by Crippen LogP contribution is -1.88. The maximum absolute atomic E-state index is 9.35. The monoisotopic (exact) mass is 353 g/mol. The molecule has 0 aliphatic heterocycles. The minimum absolute atomic E-state index is 0.253. The Balaban J connectivity index is 1.78. The maximum Gasteiger partial charge on any atom is 0.126 e. The number of ether oxygens (including phenoxy) is 1. The number of methoxy groups -OCH3 is 1. The maximum atomic E-state index is 9.35. The topological polar surface area (TPSA) is 53.2 Å². The largest absolute Gasteiger partial charge is 0.508 e. The van der Waals surface area contributed by atoms with Crippen molar-refractivity contribution in [1.29, 1.82) is 5.26 Å². The second-order valence-corrected chi connectivity index (χ2v) is 5.99. The minimum atomic E-state index is 0.253. The Morgan fingerprint density at radius 1 is 0.778 bits per heavy atom. The Kier molecular flexibility index (Phi) is 5.71. The van der Waals surface area contributed by atoms with Gasteiger partial charge >= 0.3 is 0 Å². The van der Waals surface area contributed by atoms with Crippen LogP contribution in [0.5, 0.6) is 11.5 Å². The summed E-state index contributed by atoms with van der Waals surface area (Å²) >= 11 is 0. The van der Waals surface area contributed by atoms with Crippen molar-refractivity contribution in [3.8, 4) is 17.6 Å². The predicted octanol–water partition coefficient (Wildman–Crippen LogP) is 5.61. The van der Waals surface area contributed by atoms with Crippen molar-refractivity contribution in [3.05, 3.63) is 94.5 Å². The minimum Gasteiger partial charge on any atom is -0.508 e. The number of rotatable bonds is 5. The van der Waals surface area contributed by atoms with Crippen LogP contribution < -0.4 is 4.74 Å². The molecule has 0 fully saturated rings. The van der Waals surface area contributed by atoms with Crippen molar-refractivity contribution >= 4 is 24.3 Å². The Morgan fingerprint density at radius 3 is 1.96 bits per heavy atom. The van der Waals surface area contributed by atoms with E-state index in [1.807, 2.05) is 66.8 Å². The summed E-state index contributed by atoms with van der Waals surface area (Å²) in [5.74, 6) is 1.04. The number of benzene rings is 3. The van der Waals surface area contributed by atoms with Gasteiger partial charge in [-0.2, -0.15) is 5.26 Å². The average molecular weight is 353 g/mol. The first-order valence-corrected chi connectivity index (χ1v) is 8.51. The zero-order valence-corrected chi connectivity index (χ0v) is 15.0. The van der Waals surface area contributed by atoms with Gasteiger partial charge in [0, 0.05) is 5.56 Å². The van der Waals surface area contributed by atoms with Gasteiger partial charge in [0.05, 0.1) is 18.7 Å². The van der Waals surface area contributed by atoms with Gasteiger partial charge in [-0.1, -0.05) is 60.7 Å². The van der Waals surface area contributed by atoms with E-state index < -0.39 is 0 Å². The van der Waals surface area contributed by atoms with Crippen LogP contribution in [-0.2, 0) is 0 Å². The Labute approximate surface area is 159 Å². The van der Waals surface area contributed by atoms with Crippen LogP contribution in [0.2, 0.25) is 0 Å².